The van der Waals surface area contributed by atoms with Crippen LogP contribution in [0.4, 0.5) is 0 Å². The van der Waals surface area contributed by atoms with Crippen LogP contribution in [0, 0.1) is 5.92 Å². The minimum Gasteiger partial charge on any atom is -0.476 e. The number of aromatic nitrogens is 5. The van der Waals surface area contributed by atoms with Gasteiger partial charge in [0.15, 0.2) is 0 Å². The summed E-state index contributed by atoms with van der Waals surface area (Å²) >= 11 is 0. The van der Waals surface area contributed by atoms with Crippen LogP contribution in [0.2, 0.25) is 0 Å². The number of fused-ring (bicyclic) bond motifs is 1. The quantitative estimate of drug-likeness (QED) is 0.791. The molecular formula is C16H20N6O. The number of nitrogens with one attached hydrogen (secondary N) is 1. The van der Waals surface area contributed by atoms with Gasteiger partial charge in [0.1, 0.15) is 5.52 Å². The fourth-order valence-corrected chi connectivity index (χ4v) is 2.96. The van der Waals surface area contributed by atoms with E-state index in [1.165, 1.54) is 12.8 Å². The molecule has 1 atom stereocenters. The van der Waals surface area contributed by atoms with Gasteiger partial charge in [0.25, 0.3) is 0 Å². The molecule has 1 aliphatic rings. The number of piperidine rings is 1. The molecule has 4 rings (SSSR count). The molecule has 4 heterocycles. The van der Waals surface area contributed by atoms with Gasteiger partial charge in [-0.25, -0.2) is 9.50 Å². The number of hydrogen-bond acceptors (Lipinski definition) is 5. The van der Waals surface area contributed by atoms with E-state index in [-0.39, 0.29) is 0 Å². The van der Waals surface area contributed by atoms with Gasteiger partial charge in [0.2, 0.25) is 5.88 Å². The zero-order chi connectivity index (χ0) is 15.6. The van der Waals surface area contributed by atoms with E-state index >= 15 is 0 Å². The largest absolute Gasteiger partial charge is 0.476 e. The maximum atomic E-state index is 6.05. The Morgan fingerprint density at radius 2 is 2.30 bits per heavy atom. The smallest absolute Gasteiger partial charge is 0.240 e. The molecule has 3 aromatic heterocycles. The van der Waals surface area contributed by atoms with Gasteiger partial charge >= 0.3 is 0 Å². The van der Waals surface area contributed by atoms with Gasteiger partial charge in [-0.1, -0.05) is 0 Å². The third-order valence-electron chi connectivity index (χ3n) is 4.21. The molecule has 7 nitrogen and oxygen atoms in total. The van der Waals surface area contributed by atoms with Crippen LogP contribution in [0.1, 0.15) is 12.8 Å². The van der Waals surface area contributed by atoms with Crippen molar-refractivity contribution in [3.63, 3.8) is 0 Å². The van der Waals surface area contributed by atoms with Crippen molar-refractivity contribution in [2.24, 2.45) is 13.0 Å². The van der Waals surface area contributed by atoms with Crippen molar-refractivity contribution in [1.82, 2.24) is 29.7 Å². The summed E-state index contributed by atoms with van der Waals surface area (Å²) in [6.07, 6.45) is 9.81. The average molecular weight is 312 g/mol. The molecule has 120 valence electrons. The predicted octanol–water partition coefficient (Wildman–Crippen LogP) is 1.51. The van der Waals surface area contributed by atoms with Crippen molar-refractivity contribution in [2.45, 2.75) is 12.8 Å². The summed E-state index contributed by atoms with van der Waals surface area (Å²) in [7, 11) is 1.89. The SMILES string of the molecule is Cn1cc(-c2cn3nccc3c(OCC3CCCNC3)n2)cn1. The lowest BCUT2D eigenvalue weighted by molar-refractivity contribution is 0.214. The molecule has 0 amide bonds. The summed E-state index contributed by atoms with van der Waals surface area (Å²) in [5, 5.41) is 11.9. The molecule has 1 unspecified atom stereocenters. The summed E-state index contributed by atoms with van der Waals surface area (Å²) in [6, 6.07) is 1.93. The zero-order valence-electron chi connectivity index (χ0n) is 13.1. The minimum absolute atomic E-state index is 0.538. The van der Waals surface area contributed by atoms with Crippen LogP contribution in [0.5, 0.6) is 5.88 Å². The van der Waals surface area contributed by atoms with Crippen LogP contribution >= 0.6 is 0 Å². The fourth-order valence-electron chi connectivity index (χ4n) is 2.96. The molecule has 0 bridgehead atoms. The third kappa shape index (κ3) is 2.92. The van der Waals surface area contributed by atoms with Gasteiger partial charge in [0, 0.05) is 31.3 Å². The van der Waals surface area contributed by atoms with Crippen molar-refractivity contribution in [3.8, 4) is 17.1 Å². The second kappa shape index (κ2) is 6.00. The number of ether oxygens (including phenoxy) is 1. The van der Waals surface area contributed by atoms with Crippen LogP contribution in [0.25, 0.3) is 16.8 Å². The summed E-state index contributed by atoms with van der Waals surface area (Å²) in [5.74, 6) is 1.17. The first-order chi connectivity index (χ1) is 11.3. The highest BCUT2D eigenvalue weighted by Gasteiger charge is 2.16. The minimum atomic E-state index is 0.538. The van der Waals surface area contributed by atoms with Gasteiger partial charge in [-0.2, -0.15) is 10.2 Å². The van der Waals surface area contributed by atoms with Crippen molar-refractivity contribution < 1.29 is 4.74 Å². The van der Waals surface area contributed by atoms with Crippen molar-refractivity contribution in [1.29, 1.82) is 0 Å². The molecule has 0 radical (unpaired) electrons. The lowest BCUT2D eigenvalue weighted by Crippen LogP contribution is -2.33. The Hall–Kier alpha value is -2.41. The number of nitrogens with zero attached hydrogens (tertiary/aromatic N) is 5. The number of rotatable bonds is 4. The van der Waals surface area contributed by atoms with Crippen molar-refractivity contribution >= 4 is 5.52 Å². The Labute approximate surface area is 134 Å². The summed E-state index contributed by atoms with van der Waals surface area (Å²) in [5.41, 5.74) is 2.65. The van der Waals surface area contributed by atoms with Gasteiger partial charge < -0.3 is 10.1 Å². The van der Waals surface area contributed by atoms with Gasteiger partial charge in [0.05, 0.1) is 30.9 Å². The molecule has 1 N–H and O–H groups in total. The maximum Gasteiger partial charge on any atom is 0.240 e. The summed E-state index contributed by atoms with van der Waals surface area (Å²) in [6.45, 7) is 2.80. The molecule has 0 spiro atoms. The average Bonchev–Trinajstić information content (AvgIpc) is 3.22. The van der Waals surface area contributed by atoms with Gasteiger partial charge in [-0.05, 0) is 25.5 Å². The standard InChI is InChI=1S/C16H20N6O/c1-21-9-13(8-19-21)14-10-22-15(4-6-18-22)16(20-14)23-11-12-3-2-5-17-7-12/h4,6,8-10,12,17H,2-3,5,7,11H2,1H3. The van der Waals surface area contributed by atoms with Crippen LogP contribution < -0.4 is 10.1 Å². The summed E-state index contributed by atoms with van der Waals surface area (Å²) in [4.78, 5) is 4.68. The zero-order valence-corrected chi connectivity index (χ0v) is 13.1. The Balaban J connectivity index is 1.63. The topological polar surface area (TPSA) is 69.3 Å². The first-order valence-electron chi connectivity index (χ1n) is 7.96. The molecule has 3 aromatic rings. The third-order valence-corrected chi connectivity index (χ3v) is 4.21. The lowest BCUT2D eigenvalue weighted by Gasteiger charge is -2.22. The lowest BCUT2D eigenvalue weighted by atomic mass is 10.0. The molecule has 0 saturated carbocycles. The van der Waals surface area contributed by atoms with Crippen molar-refractivity contribution in [3.05, 3.63) is 30.9 Å². The highest BCUT2D eigenvalue weighted by Crippen LogP contribution is 2.24. The van der Waals surface area contributed by atoms with E-state index < -0.39 is 0 Å². The van der Waals surface area contributed by atoms with Gasteiger partial charge in [-0.3, -0.25) is 4.68 Å². The first-order valence-corrected chi connectivity index (χ1v) is 7.96. The molecule has 1 saturated heterocycles. The number of hydrogen-bond donors (Lipinski definition) is 1. The molecular weight excluding hydrogens is 292 g/mol. The molecule has 0 aromatic carbocycles. The number of aryl methyl sites for hydroxylation is 1. The van der Waals surface area contributed by atoms with Crippen molar-refractivity contribution in [2.75, 3.05) is 19.7 Å². The Morgan fingerprint density at radius 1 is 1.35 bits per heavy atom. The monoisotopic (exact) mass is 312 g/mol. The van der Waals surface area contributed by atoms with E-state index in [0.29, 0.717) is 18.4 Å². The normalized spacial score (nSPS) is 18.4. The Bertz CT molecular complexity index is 802. The Morgan fingerprint density at radius 3 is 3.09 bits per heavy atom. The van der Waals surface area contributed by atoms with E-state index in [1.807, 2.05) is 30.0 Å². The molecule has 1 aliphatic heterocycles. The van der Waals surface area contributed by atoms with E-state index in [1.54, 1.807) is 17.1 Å². The molecule has 1 fully saturated rings. The van der Waals surface area contributed by atoms with Crippen LogP contribution in [-0.2, 0) is 7.05 Å². The highest BCUT2D eigenvalue weighted by molar-refractivity contribution is 5.63. The van der Waals surface area contributed by atoms with E-state index in [9.17, 15) is 0 Å². The van der Waals surface area contributed by atoms with Gasteiger partial charge in [-0.15, -0.1) is 0 Å². The van der Waals surface area contributed by atoms with Crippen LogP contribution in [0.15, 0.2) is 30.9 Å². The second-order valence-electron chi connectivity index (χ2n) is 6.02. The highest BCUT2D eigenvalue weighted by atomic mass is 16.5. The first kappa shape index (κ1) is 14.2. The molecule has 23 heavy (non-hydrogen) atoms. The fraction of sp³-hybridized carbons (Fsp3) is 0.438. The van der Waals surface area contributed by atoms with E-state index in [0.717, 1.165) is 29.9 Å². The second-order valence-corrected chi connectivity index (χ2v) is 6.02. The predicted molar refractivity (Wildman–Crippen MR) is 86.3 cm³/mol. The van der Waals surface area contributed by atoms with Crippen LogP contribution in [0.3, 0.4) is 0 Å². The maximum absolute atomic E-state index is 6.05. The van der Waals surface area contributed by atoms with E-state index in [4.69, 9.17) is 4.74 Å². The molecule has 7 heteroatoms. The Kier molecular flexibility index (Phi) is 3.70. The molecule has 0 aliphatic carbocycles. The summed E-state index contributed by atoms with van der Waals surface area (Å²) < 4.78 is 9.62. The van der Waals surface area contributed by atoms with E-state index in [2.05, 4.69) is 20.5 Å². The van der Waals surface area contributed by atoms with Crippen LogP contribution in [-0.4, -0.2) is 44.1 Å².